The molecule has 6 nitrogen and oxygen atoms in total. The van der Waals surface area contributed by atoms with Crippen LogP contribution in [0, 0.1) is 11.8 Å². The summed E-state index contributed by atoms with van der Waals surface area (Å²) in [5, 5.41) is 10.3. The number of carbonyl (C=O) groups is 1. The van der Waals surface area contributed by atoms with Gasteiger partial charge in [-0.05, 0) is 31.2 Å². The lowest BCUT2D eigenvalue weighted by Gasteiger charge is -2.34. The Kier molecular flexibility index (Phi) is 6.40. The van der Waals surface area contributed by atoms with E-state index in [1.54, 1.807) is 25.3 Å². The molecule has 0 aliphatic carbocycles. The van der Waals surface area contributed by atoms with E-state index in [1.165, 1.54) is 0 Å². The number of halogens is 1. The lowest BCUT2D eigenvalue weighted by molar-refractivity contribution is 0.0773. The topological polar surface area (TPSA) is 56.2 Å². The number of likely N-dealkylation sites (N-methyl/N-ethyl adjacent to an activating group) is 1. The summed E-state index contributed by atoms with van der Waals surface area (Å²) in [6.45, 7) is 6.49. The van der Waals surface area contributed by atoms with E-state index in [0.717, 1.165) is 32.7 Å². The highest BCUT2D eigenvalue weighted by Gasteiger charge is 2.37. The SMILES string of the molecule is COc1ccc(Cl)cc1C(=O)N1CC(CO)C(CN2CCN(C)CC2)C1. The average Bonchev–Trinajstić information content (AvgIpc) is 3.05. The fourth-order valence-electron chi connectivity index (χ4n) is 3.90. The molecule has 2 saturated heterocycles. The van der Waals surface area contributed by atoms with E-state index in [2.05, 4.69) is 16.8 Å². The van der Waals surface area contributed by atoms with Gasteiger partial charge in [-0.25, -0.2) is 0 Å². The van der Waals surface area contributed by atoms with Crippen molar-refractivity contribution in [3.63, 3.8) is 0 Å². The molecule has 0 saturated carbocycles. The quantitative estimate of drug-likeness (QED) is 0.832. The summed E-state index contributed by atoms with van der Waals surface area (Å²) in [4.78, 5) is 19.6. The number of hydrogen-bond acceptors (Lipinski definition) is 5. The molecule has 0 spiro atoms. The number of benzene rings is 1. The minimum atomic E-state index is -0.0799. The maximum Gasteiger partial charge on any atom is 0.257 e. The molecule has 0 radical (unpaired) electrons. The zero-order valence-electron chi connectivity index (χ0n) is 15.5. The Hall–Kier alpha value is -1.34. The summed E-state index contributed by atoms with van der Waals surface area (Å²) in [7, 11) is 3.69. The van der Waals surface area contributed by atoms with Crippen molar-refractivity contribution in [3.05, 3.63) is 28.8 Å². The van der Waals surface area contributed by atoms with Gasteiger partial charge in [0.1, 0.15) is 5.75 Å². The van der Waals surface area contributed by atoms with Crippen LogP contribution in [0.2, 0.25) is 5.02 Å². The van der Waals surface area contributed by atoms with Gasteiger partial charge in [-0.3, -0.25) is 4.79 Å². The number of aliphatic hydroxyl groups is 1. The highest BCUT2D eigenvalue weighted by molar-refractivity contribution is 6.31. The molecule has 2 aliphatic heterocycles. The van der Waals surface area contributed by atoms with Gasteiger partial charge < -0.3 is 24.5 Å². The zero-order valence-corrected chi connectivity index (χ0v) is 16.3. The van der Waals surface area contributed by atoms with Gasteiger partial charge in [-0.2, -0.15) is 0 Å². The summed E-state index contributed by atoms with van der Waals surface area (Å²) in [5.41, 5.74) is 0.483. The molecular formula is C19H28ClN3O3. The predicted molar refractivity (Wildman–Crippen MR) is 102 cm³/mol. The molecule has 144 valence electrons. The van der Waals surface area contributed by atoms with Crippen molar-refractivity contribution in [1.82, 2.24) is 14.7 Å². The Morgan fingerprint density at radius 1 is 1.23 bits per heavy atom. The largest absolute Gasteiger partial charge is 0.496 e. The first-order chi connectivity index (χ1) is 12.5. The summed E-state index contributed by atoms with van der Waals surface area (Å²) < 4.78 is 5.32. The van der Waals surface area contributed by atoms with Crippen molar-refractivity contribution in [2.75, 3.05) is 66.6 Å². The summed E-state index contributed by atoms with van der Waals surface area (Å²) >= 11 is 6.07. The number of piperazine rings is 1. The second kappa shape index (κ2) is 8.57. The van der Waals surface area contributed by atoms with Crippen LogP contribution >= 0.6 is 11.6 Å². The van der Waals surface area contributed by atoms with Crippen molar-refractivity contribution < 1.29 is 14.6 Å². The lowest BCUT2D eigenvalue weighted by Crippen LogP contribution is -2.47. The van der Waals surface area contributed by atoms with Crippen LogP contribution < -0.4 is 4.74 Å². The fraction of sp³-hybridized carbons (Fsp3) is 0.632. The molecule has 2 unspecified atom stereocenters. The molecule has 3 rings (SSSR count). The minimum absolute atomic E-state index is 0.0799. The smallest absolute Gasteiger partial charge is 0.257 e. The monoisotopic (exact) mass is 381 g/mol. The summed E-state index contributed by atoms with van der Waals surface area (Å²) in [6, 6.07) is 5.09. The second-order valence-electron chi connectivity index (χ2n) is 7.36. The van der Waals surface area contributed by atoms with Crippen LogP contribution in [0.25, 0.3) is 0 Å². The Balaban J connectivity index is 1.68. The Morgan fingerprint density at radius 2 is 1.92 bits per heavy atom. The third kappa shape index (κ3) is 4.31. The van der Waals surface area contributed by atoms with Crippen LogP contribution in [0.1, 0.15) is 10.4 Å². The van der Waals surface area contributed by atoms with Crippen LogP contribution in [0.5, 0.6) is 5.75 Å². The van der Waals surface area contributed by atoms with Gasteiger partial charge in [0.15, 0.2) is 0 Å². The Morgan fingerprint density at radius 3 is 2.58 bits per heavy atom. The number of aliphatic hydroxyl groups excluding tert-OH is 1. The van der Waals surface area contributed by atoms with Gasteiger partial charge in [-0.15, -0.1) is 0 Å². The van der Waals surface area contributed by atoms with Crippen molar-refractivity contribution in [3.8, 4) is 5.75 Å². The average molecular weight is 382 g/mol. The normalized spacial score (nSPS) is 24.8. The summed E-state index contributed by atoms with van der Waals surface area (Å²) in [6.07, 6.45) is 0. The molecule has 1 amide bonds. The van der Waals surface area contributed by atoms with Crippen LogP contribution in [-0.4, -0.2) is 92.3 Å². The molecule has 2 heterocycles. The van der Waals surface area contributed by atoms with Crippen molar-refractivity contribution >= 4 is 17.5 Å². The molecule has 1 aromatic rings. The maximum atomic E-state index is 13.0. The highest BCUT2D eigenvalue weighted by Crippen LogP contribution is 2.29. The van der Waals surface area contributed by atoms with E-state index in [0.29, 0.717) is 29.4 Å². The van der Waals surface area contributed by atoms with E-state index >= 15 is 0 Å². The number of likely N-dealkylation sites (tertiary alicyclic amines) is 1. The van der Waals surface area contributed by atoms with Crippen LogP contribution in [0.4, 0.5) is 0 Å². The molecule has 2 aliphatic rings. The van der Waals surface area contributed by atoms with Crippen molar-refractivity contribution in [1.29, 1.82) is 0 Å². The number of methoxy groups -OCH3 is 1. The van der Waals surface area contributed by atoms with Gasteiger partial charge in [0.2, 0.25) is 0 Å². The van der Waals surface area contributed by atoms with Crippen LogP contribution in [0.15, 0.2) is 18.2 Å². The predicted octanol–water partition coefficient (Wildman–Crippen LogP) is 1.28. The Bertz CT molecular complexity index is 634. The van der Waals surface area contributed by atoms with Crippen LogP contribution in [-0.2, 0) is 0 Å². The molecule has 2 fully saturated rings. The number of ether oxygens (including phenoxy) is 1. The van der Waals surface area contributed by atoms with E-state index in [9.17, 15) is 9.90 Å². The fourth-order valence-corrected chi connectivity index (χ4v) is 4.07. The van der Waals surface area contributed by atoms with Gasteiger partial charge in [0.25, 0.3) is 5.91 Å². The standard InChI is InChI=1S/C19H28ClN3O3/c1-21-5-7-22(8-6-21)10-14-11-23(12-15(14)13-24)19(25)17-9-16(20)3-4-18(17)26-2/h3-4,9,14-15,24H,5-8,10-13H2,1-2H3. The Labute approximate surface area is 160 Å². The van der Waals surface area contributed by atoms with Crippen molar-refractivity contribution in [2.24, 2.45) is 11.8 Å². The number of amides is 1. The first-order valence-electron chi connectivity index (χ1n) is 9.16. The molecule has 26 heavy (non-hydrogen) atoms. The summed E-state index contributed by atoms with van der Waals surface area (Å²) in [5.74, 6) is 0.854. The minimum Gasteiger partial charge on any atom is -0.496 e. The highest BCUT2D eigenvalue weighted by atomic mass is 35.5. The number of nitrogens with zero attached hydrogens (tertiary/aromatic N) is 3. The number of hydrogen-bond donors (Lipinski definition) is 1. The van der Waals surface area contributed by atoms with E-state index in [4.69, 9.17) is 16.3 Å². The maximum absolute atomic E-state index is 13.0. The van der Waals surface area contributed by atoms with E-state index < -0.39 is 0 Å². The zero-order chi connectivity index (χ0) is 18.7. The molecule has 7 heteroatoms. The van der Waals surface area contributed by atoms with Crippen LogP contribution in [0.3, 0.4) is 0 Å². The van der Waals surface area contributed by atoms with Gasteiger partial charge in [0.05, 0.1) is 12.7 Å². The number of rotatable bonds is 5. The van der Waals surface area contributed by atoms with E-state index in [1.807, 2.05) is 4.90 Å². The van der Waals surface area contributed by atoms with Gasteiger partial charge >= 0.3 is 0 Å². The van der Waals surface area contributed by atoms with Gasteiger partial charge in [-0.1, -0.05) is 11.6 Å². The molecule has 1 N–H and O–H groups in total. The first kappa shape index (κ1) is 19.4. The third-order valence-electron chi connectivity index (χ3n) is 5.58. The molecular weight excluding hydrogens is 354 g/mol. The second-order valence-corrected chi connectivity index (χ2v) is 7.80. The lowest BCUT2D eigenvalue weighted by atomic mass is 9.96. The molecule has 0 aromatic heterocycles. The van der Waals surface area contributed by atoms with Crippen molar-refractivity contribution in [2.45, 2.75) is 0 Å². The first-order valence-corrected chi connectivity index (χ1v) is 9.54. The van der Waals surface area contributed by atoms with Gasteiger partial charge in [0, 0.05) is 63.4 Å². The third-order valence-corrected chi connectivity index (χ3v) is 5.81. The molecule has 2 atom stereocenters. The number of carbonyl (C=O) groups excluding carboxylic acids is 1. The van der Waals surface area contributed by atoms with E-state index in [-0.39, 0.29) is 24.3 Å². The molecule has 1 aromatic carbocycles. The molecule has 0 bridgehead atoms.